The van der Waals surface area contributed by atoms with E-state index in [9.17, 15) is 4.79 Å². The van der Waals surface area contributed by atoms with Gasteiger partial charge in [0.2, 0.25) is 5.91 Å². The van der Waals surface area contributed by atoms with E-state index in [1.807, 2.05) is 31.2 Å². The fraction of sp³-hybridized carbons (Fsp3) is 0.529. The molecule has 1 amide bonds. The molecule has 1 aromatic carbocycles. The number of nitrogens with two attached hydrogens (primary N) is 1. The maximum Gasteiger partial charge on any atom is 0.240 e. The van der Waals surface area contributed by atoms with Gasteiger partial charge in [-0.15, -0.1) is 0 Å². The van der Waals surface area contributed by atoms with E-state index in [-0.39, 0.29) is 5.91 Å². The molecule has 0 aromatic heterocycles. The van der Waals surface area contributed by atoms with Gasteiger partial charge in [0.1, 0.15) is 0 Å². The lowest BCUT2D eigenvalue weighted by molar-refractivity contribution is -0.121. The van der Waals surface area contributed by atoms with Gasteiger partial charge in [0.15, 0.2) is 0 Å². The number of hydrazone groups is 1. The van der Waals surface area contributed by atoms with Crippen molar-refractivity contribution >= 4 is 17.3 Å². The summed E-state index contributed by atoms with van der Waals surface area (Å²) in [6.07, 6.45) is 7.61. The van der Waals surface area contributed by atoms with Gasteiger partial charge in [0, 0.05) is 12.1 Å². The average Bonchev–Trinajstić information content (AvgIpc) is 2.48. The largest absolute Gasteiger partial charge is 0.399 e. The van der Waals surface area contributed by atoms with Crippen LogP contribution in [0.15, 0.2) is 29.4 Å². The first kappa shape index (κ1) is 17.2. The van der Waals surface area contributed by atoms with Crippen LogP contribution in [-0.4, -0.2) is 11.6 Å². The van der Waals surface area contributed by atoms with Crippen molar-refractivity contribution in [2.45, 2.75) is 58.8 Å². The molecule has 3 N–H and O–H groups in total. The Morgan fingerprint density at radius 2 is 1.90 bits per heavy atom. The highest BCUT2D eigenvalue weighted by Gasteiger charge is 2.02. The van der Waals surface area contributed by atoms with Crippen LogP contribution in [0.4, 0.5) is 5.69 Å². The van der Waals surface area contributed by atoms with Gasteiger partial charge >= 0.3 is 0 Å². The third kappa shape index (κ3) is 7.49. The fourth-order valence-corrected chi connectivity index (χ4v) is 2.10. The molecule has 0 heterocycles. The Morgan fingerprint density at radius 1 is 1.19 bits per heavy atom. The minimum atomic E-state index is -0.0197. The highest BCUT2D eigenvalue weighted by atomic mass is 16.2. The molecule has 0 saturated carbocycles. The number of benzene rings is 1. The monoisotopic (exact) mass is 289 g/mol. The molecule has 0 spiro atoms. The van der Waals surface area contributed by atoms with Gasteiger partial charge in [-0.3, -0.25) is 4.79 Å². The number of unbranched alkanes of at least 4 members (excludes halogenated alkanes) is 5. The smallest absolute Gasteiger partial charge is 0.240 e. The highest BCUT2D eigenvalue weighted by molar-refractivity contribution is 5.99. The summed E-state index contributed by atoms with van der Waals surface area (Å²) in [4.78, 5) is 11.7. The molecule has 116 valence electrons. The number of amides is 1. The van der Waals surface area contributed by atoms with E-state index in [0.29, 0.717) is 12.1 Å². The summed E-state index contributed by atoms with van der Waals surface area (Å²) in [6, 6.07) is 7.48. The Kier molecular flexibility index (Phi) is 8.17. The first-order valence-corrected chi connectivity index (χ1v) is 7.82. The van der Waals surface area contributed by atoms with Gasteiger partial charge in [0.25, 0.3) is 0 Å². The number of carbonyl (C=O) groups is 1. The van der Waals surface area contributed by atoms with E-state index in [0.717, 1.165) is 24.1 Å². The number of nitrogens with zero attached hydrogens (tertiary/aromatic N) is 1. The number of nitrogens with one attached hydrogen (secondary N) is 1. The summed E-state index contributed by atoms with van der Waals surface area (Å²) in [6.45, 7) is 4.06. The second-order valence-electron chi connectivity index (χ2n) is 5.38. The number of nitrogen functional groups attached to an aromatic ring is 1. The van der Waals surface area contributed by atoms with Crippen LogP contribution < -0.4 is 11.2 Å². The Balaban J connectivity index is 2.27. The summed E-state index contributed by atoms with van der Waals surface area (Å²) in [5.74, 6) is -0.0197. The molecule has 0 radical (unpaired) electrons. The first-order chi connectivity index (χ1) is 10.1. The Bertz CT molecular complexity index is 469. The van der Waals surface area contributed by atoms with E-state index < -0.39 is 0 Å². The number of hydrogen-bond donors (Lipinski definition) is 2. The van der Waals surface area contributed by atoms with Crippen molar-refractivity contribution in [3.63, 3.8) is 0 Å². The second kappa shape index (κ2) is 9.97. The zero-order valence-corrected chi connectivity index (χ0v) is 13.2. The Labute approximate surface area is 127 Å². The highest BCUT2D eigenvalue weighted by Crippen LogP contribution is 2.08. The molecule has 0 aliphatic rings. The van der Waals surface area contributed by atoms with E-state index in [1.165, 1.54) is 25.7 Å². The zero-order chi connectivity index (χ0) is 15.5. The van der Waals surface area contributed by atoms with Crippen LogP contribution in [0.3, 0.4) is 0 Å². The van der Waals surface area contributed by atoms with Gasteiger partial charge in [-0.25, -0.2) is 5.43 Å². The van der Waals surface area contributed by atoms with Crippen LogP contribution in [0.2, 0.25) is 0 Å². The standard InChI is InChI=1S/C17H27N3O/c1-3-4-5-6-7-8-12-17(21)20-19-14(2)15-10-9-11-16(18)13-15/h9-11,13H,3-8,12,18H2,1-2H3,(H,20,21)/b19-14+. The van der Waals surface area contributed by atoms with Crippen molar-refractivity contribution in [1.82, 2.24) is 5.43 Å². The normalized spacial score (nSPS) is 11.4. The third-order valence-corrected chi connectivity index (χ3v) is 3.41. The zero-order valence-electron chi connectivity index (χ0n) is 13.2. The average molecular weight is 289 g/mol. The quantitative estimate of drug-likeness (QED) is 0.314. The van der Waals surface area contributed by atoms with Crippen LogP contribution in [0.5, 0.6) is 0 Å². The molecule has 0 bridgehead atoms. The molecule has 4 heteroatoms. The number of rotatable bonds is 9. The predicted octanol–water partition coefficient (Wildman–Crippen LogP) is 3.86. The molecule has 0 unspecified atom stereocenters. The topological polar surface area (TPSA) is 67.5 Å². The van der Waals surface area contributed by atoms with E-state index in [4.69, 9.17) is 5.73 Å². The molecule has 1 aromatic rings. The molecule has 21 heavy (non-hydrogen) atoms. The van der Waals surface area contributed by atoms with Gasteiger partial charge in [-0.2, -0.15) is 5.10 Å². The molecule has 0 aliphatic heterocycles. The lowest BCUT2D eigenvalue weighted by atomic mass is 10.1. The molecular weight excluding hydrogens is 262 g/mol. The maximum absolute atomic E-state index is 11.7. The fourth-order valence-electron chi connectivity index (χ4n) is 2.10. The van der Waals surface area contributed by atoms with Crippen molar-refractivity contribution < 1.29 is 4.79 Å². The first-order valence-electron chi connectivity index (χ1n) is 7.82. The molecule has 4 nitrogen and oxygen atoms in total. The van der Waals surface area contributed by atoms with Crippen molar-refractivity contribution in [1.29, 1.82) is 0 Å². The third-order valence-electron chi connectivity index (χ3n) is 3.41. The van der Waals surface area contributed by atoms with E-state index >= 15 is 0 Å². The summed E-state index contributed by atoms with van der Waals surface area (Å²) in [7, 11) is 0. The van der Waals surface area contributed by atoms with Crippen molar-refractivity contribution in [2.24, 2.45) is 5.10 Å². The van der Waals surface area contributed by atoms with Crippen LogP contribution >= 0.6 is 0 Å². The molecule has 0 atom stereocenters. The number of carbonyl (C=O) groups excluding carboxylic acids is 1. The van der Waals surface area contributed by atoms with Crippen molar-refractivity contribution in [2.75, 3.05) is 5.73 Å². The summed E-state index contributed by atoms with van der Waals surface area (Å²) in [5, 5.41) is 4.13. The maximum atomic E-state index is 11.7. The number of anilines is 1. The lowest BCUT2D eigenvalue weighted by Gasteiger charge is -2.04. The van der Waals surface area contributed by atoms with Crippen molar-refractivity contribution in [3.05, 3.63) is 29.8 Å². The number of hydrogen-bond acceptors (Lipinski definition) is 3. The van der Waals surface area contributed by atoms with E-state index in [1.54, 1.807) is 0 Å². The predicted molar refractivity (Wildman–Crippen MR) is 89.2 cm³/mol. The molecule has 0 saturated heterocycles. The molecule has 0 fully saturated rings. The van der Waals surface area contributed by atoms with Gasteiger partial charge in [0.05, 0.1) is 5.71 Å². The second-order valence-corrected chi connectivity index (χ2v) is 5.38. The summed E-state index contributed by atoms with van der Waals surface area (Å²) in [5.41, 5.74) is 10.7. The van der Waals surface area contributed by atoms with Crippen LogP contribution in [0.25, 0.3) is 0 Å². The minimum absolute atomic E-state index is 0.0197. The summed E-state index contributed by atoms with van der Waals surface area (Å²) >= 11 is 0. The Morgan fingerprint density at radius 3 is 2.62 bits per heavy atom. The van der Waals surface area contributed by atoms with Crippen molar-refractivity contribution in [3.8, 4) is 0 Å². The van der Waals surface area contributed by atoms with Gasteiger partial charge in [-0.05, 0) is 31.0 Å². The lowest BCUT2D eigenvalue weighted by Crippen LogP contribution is -2.18. The van der Waals surface area contributed by atoms with E-state index in [2.05, 4.69) is 17.5 Å². The Hall–Kier alpha value is -1.84. The van der Waals surface area contributed by atoms with Gasteiger partial charge < -0.3 is 5.73 Å². The van der Waals surface area contributed by atoms with Crippen LogP contribution in [-0.2, 0) is 4.79 Å². The summed E-state index contributed by atoms with van der Waals surface area (Å²) < 4.78 is 0. The minimum Gasteiger partial charge on any atom is -0.399 e. The molecular formula is C17H27N3O. The molecule has 1 rings (SSSR count). The van der Waals surface area contributed by atoms with Crippen LogP contribution in [0.1, 0.15) is 64.4 Å². The molecule has 0 aliphatic carbocycles. The SMILES string of the molecule is CCCCCCCCC(=O)N/N=C(\C)c1cccc(N)c1. The van der Waals surface area contributed by atoms with Gasteiger partial charge in [-0.1, -0.05) is 51.2 Å². The van der Waals surface area contributed by atoms with Crippen LogP contribution in [0, 0.1) is 0 Å².